The number of carbonyl (C=O) groups excluding carboxylic acids is 2. The summed E-state index contributed by atoms with van der Waals surface area (Å²) < 4.78 is 20.8. The Morgan fingerprint density at radius 1 is 1.54 bits per heavy atom. The molecule has 0 aromatic heterocycles. The Hall–Kier alpha value is -0.860. The van der Waals surface area contributed by atoms with Crippen LogP contribution in [0.2, 0.25) is 0 Å². The Kier molecular flexibility index (Phi) is 4.67. The number of carbonyl (C=O) groups is 2. The van der Waals surface area contributed by atoms with Gasteiger partial charge in [0.2, 0.25) is 5.91 Å². The number of rotatable bonds is 4. The van der Waals surface area contributed by atoms with E-state index in [-0.39, 0.29) is 4.31 Å². The fraction of sp³-hybridized carbons (Fsp3) is 0.500. The topological polar surface area (TPSA) is 130 Å². The number of nitrogens with zero attached hydrogens (tertiary/aromatic N) is 1. The van der Waals surface area contributed by atoms with Crippen molar-refractivity contribution in [1.29, 1.82) is 0 Å². The Balaban J connectivity index is 4.46. The van der Waals surface area contributed by atoms with Crippen LogP contribution in [0.15, 0.2) is 0 Å². The second kappa shape index (κ2) is 5.00. The Morgan fingerprint density at radius 3 is 2.23 bits per heavy atom. The molecule has 0 aliphatic carbocycles. The minimum atomic E-state index is -2.91. The molecule has 0 heterocycles. The van der Waals surface area contributed by atoms with E-state index >= 15 is 0 Å². The summed E-state index contributed by atoms with van der Waals surface area (Å²) in [7, 11) is 0. The third-order valence-electron chi connectivity index (χ3n) is 1.00. The predicted octanol–water partition coefficient (Wildman–Crippen LogP) is -1.40. The van der Waals surface area contributed by atoms with Gasteiger partial charge in [0, 0.05) is 0 Å². The molecule has 4 N–H and O–H groups in total. The summed E-state index contributed by atoms with van der Waals surface area (Å²) in [6.45, 7) is 0. The fourth-order valence-electron chi connectivity index (χ4n) is 0.554. The Labute approximate surface area is 81.4 Å². The van der Waals surface area contributed by atoms with Crippen LogP contribution in [0, 0.1) is 0 Å². The van der Waals surface area contributed by atoms with Gasteiger partial charge in [-0.05, 0) is 0 Å². The predicted molar refractivity (Wildman–Crippen MR) is 43.8 cm³/mol. The zero-order valence-electron chi connectivity index (χ0n) is 6.31. The van der Waals surface area contributed by atoms with E-state index < -0.39 is 35.1 Å². The molecule has 3 amide bonds. The first-order chi connectivity index (χ1) is 5.86. The number of amides is 3. The molecule has 76 valence electrons. The van der Waals surface area contributed by atoms with Crippen molar-refractivity contribution in [2.75, 3.05) is 0 Å². The second-order valence-corrected chi connectivity index (χ2v) is 3.32. The van der Waals surface area contributed by atoms with Crippen LogP contribution < -0.4 is 11.5 Å². The van der Waals surface area contributed by atoms with Crippen molar-refractivity contribution < 1.29 is 18.4 Å². The SMILES string of the molecule is NC(=O)CC(Cl)N(C(N)=O)S(=O)[O-]. The average molecular weight is 229 g/mol. The first-order valence-corrected chi connectivity index (χ1v) is 4.43. The maximum atomic E-state index is 10.5. The molecule has 13 heavy (non-hydrogen) atoms. The maximum Gasteiger partial charge on any atom is 0.327 e. The lowest BCUT2D eigenvalue weighted by Crippen LogP contribution is -2.43. The summed E-state index contributed by atoms with van der Waals surface area (Å²) in [6, 6.07) is -1.27. The second-order valence-electron chi connectivity index (χ2n) is 1.99. The van der Waals surface area contributed by atoms with E-state index in [4.69, 9.17) is 17.3 Å². The molecular formula is C4H7ClN3O4S-. The monoisotopic (exact) mass is 228 g/mol. The van der Waals surface area contributed by atoms with Gasteiger partial charge in [0.15, 0.2) is 0 Å². The van der Waals surface area contributed by atoms with E-state index in [0.29, 0.717) is 0 Å². The molecule has 0 bridgehead atoms. The van der Waals surface area contributed by atoms with Crippen molar-refractivity contribution in [3.63, 3.8) is 0 Å². The van der Waals surface area contributed by atoms with Crippen LogP contribution in [0.4, 0.5) is 4.79 Å². The number of primary amides is 2. The van der Waals surface area contributed by atoms with E-state index in [1.807, 2.05) is 0 Å². The van der Waals surface area contributed by atoms with E-state index in [9.17, 15) is 18.4 Å². The van der Waals surface area contributed by atoms with Gasteiger partial charge in [0.05, 0.1) is 17.7 Å². The van der Waals surface area contributed by atoms with E-state index in [0.717, 1.165) is 0 Å². The van der Waals surface area contributed by atoms with Crippen LogP contribution in [0.25, 0.3) is 0 Å². The number of hydrogen-bond donors (Lipinski definition) is 2. The highest BCUT2D eigenvalue weighted by Gasteiger charge is 2.22. The number of halogens is 1. The van der Waals surface area contributed by atoms with Gasteiger partial charge in [-0.1, -0.05) is 11.6 Å². The lowest BCUT2D eigenvalue weighted by molar-refractivity contribution is -0.118. The summed E-state index contributed by atoms with van der Waals surface area (Å²) in [6.07, 6.45) is -0.488. The minimum Gasteiger partial charge on any atom is -0.755 e. The first kappa shape index (κ1) is 12.1. The molecule has 2 atom stereocenters. The third kappa shape index (κ3) is 4.06. The highest BCUT2D eigenvalue weighted by molar-refractivity contribution is 7.77. The van der Waals surface area contributed by atoms with Crippen molar-refractivity contribution in [1.82, 2.24) is 4.31 Å². The van der Waals surface area contributed by atoms with Gasteiger partial charge in [-0.3, -0.25) is 9.00 Å². The number of nitrogens with two attached hydrogens (primary N) is 2. The fourth-order valence-corrected chi connectivity index (χ4v) is 1.41. The lowest BCUT2D eigenvalue weighted by Gasteiger charge is -2.25. The molecule has 0 aliphatic rings. The normalized spacial score (nSPS) is 14.6. The molecule has 0 fully saturated rings. The maximum absolute atomic E-state index is 10.5. The molecule has 0 saturated carbocycles. The summed E-state index contributed by atoms with van der Waals surface area (Å²) >= 11 is 2.45. The average Bonchev–Trinajstić information content (AvgIpc) is 1.81. The van der Waals surface area contributed by atoms with E-state index in [2.05, 4.69) is 5.73 Å². The number of urea groups is 1. The van der Waals surface area contributed by atoms with Gasteiger partial charge in [0.1, 0.15) is 5.50 Å². The molecule has 0 aliphatic heterocycles. The minimum absolute atomic E-state index is 0.117. The van der Waals surface area contributed by atoms with Crippen molar-refractivity contribution in [2.24, 2.45) is 11.5 Å². The molecule has 0 radical (unpaired) electrons. The summed E-state index contributed by atoms with van der Waals surface area (Å²) in [5.74, 6) is -0.836. The van der Waals surface area contributed by atoms with Crippen LogP contribution in [-0.2, 0) is 16.1 Å². The molecule has 0 aromatic rings. The molecule has 0 saturated heterocycles. The lowest BCUT2D eigenvalue weighted by atomic mass is 10.4. The highest BCUT2D eigenvalue weighted by atomic mass is 35.5. The van der Waals surface area contributed by atoms with Gasteiger partial charge < -0.3 is 16.0 Å². The molecule has 7 nitrogen and oxygen atoms in total. The zero-order chi connectivity index (χ0) is 10.6. The van der Waals surface area contributed by atoms with Crippen molar-refractivity contribution >= 4 is 34.8 Å². The zero-order valence-corrected chi connectivity index (χ0v) is 7.88. The molecule has 0 spiro atoms. The number of hydrogen-bond acceptors (Lipinski definition) is 4. The van der Waals surface area contributed by atoms with Crippen molar-refractivity contribution in [3.8, 4) is 0 Å². The summed E-state index contributed by atoms with van der Waals surface area (Å²) in [5.41, 5.74) is 8.02. The smallest absolute Gasteiger partial charge is 0.327 e. The molecule has 0 aromatic carbocycles. The van der Waals surface area contributed by atoms with Crippen LogP contribution in [0.3, 0.4) is 0 Å². The van der Waals surface area contributed by atoms with E-state index in [1.165, 1.54) is 0 Å². The molecule has 9 heteroatoms. The summed E-state index contributed by atoms with van der Waals surface area (Å²) in [5, 5.41) is 0. The number of alkyl halides is 1. The van der Waals surface area contributed by atoms with Gasteiger partial charge in [0.25, 0.3) is 0 Å². The van der Waals surface area contributed by atoms with Gasteiger partial charge in [-0.25, -0.2) is 9.10 Å². The van der Waals surface area contributed by atoms with Crippen molar-refractivity contribution in [2.45, 2.75) is 11.9 Å². The Bertz CT molecular complexity index is 234. The Morgan fingerprint density at radius 2 is 2.00 bits per heavy atom. The first-order valence-electron chi connectivity index (χ1n) is 2.96. The van der Waals surface area contributed by atoms with E-state index in [1.54, 1.807) is 0 Å². The van der Waals surface area contributed by atoms with Gasteiger partial charge in [-0.15, -0.1) is 0 Å². The van der Waals surface area contributed by atoms with Crippen molar-refractivity contribution in [3.05, 3.63) is 0 Å². The molecular weight excluding hydrogens is 222 g/mol. The van der Waals surface area contributed by atoms with Gasteiger partial charge in [-0.2, -0.15) is 0 Å². The third-order valence-corrected chi connectivity index (χ3v) is 2.22. The van der Waals surface area contributed by atoms with Gasteiger partial charge >= 0.3 is 6.03 Å². The van der Waals surface area contributed by atoms with Crippen LogP contribution in [0.5, 0.6) is 0 Å². The van der Waals surface area contributed by atoms with Crippen LogP contribution in [0.1, 0.15) is 6.42 Å². The highest BCUT2D eigenvalue weighted by Crippen LogP contribution is 2.10. The van der Waals surface area contributed by atoms with Crippen LogP contribution in [-0.4, -0.2) is 30.5 Å². The quantitative estimate of drug-likeness (QED) is 0.348. The largest absolute Gasteiger partial charge is 0.755 e. The summed E-state index contributed by atoms with van der Waals surface area (Å²) in [4.78, 5) is 20.8. The standard InChI is InChI=1S/C4H8ClN3O4S/c5-2(1-3(6)9)8(4(7)10)13(11)12/h2H,1H2,(H2,6,9)(H2,7,10)(H,11,12)/p-1. The molecule has 2 unspecified atom stereocenters. The van der Waals surface area contributed by atoms with Crippen LogP contribution >= 0.6 is 11.6 Å². The molecule has 0 rings (SSSR count).